The van der Waals surface area contributed by atoms with E-state index in [9.17, 15) is 0 Å². The van der Waals surface area contributed by atoms with E-state index >= 15 is 0 Å². The molecule has 3 heteroatoms. The van der Waals surface area contributed by atoms with Crippen LogP contribution < -0.4 is 5.32 Å². The Labute approximate surface area is 105 Å². The lowest BCUT2D eigenvalue weighted by molar-refractivity contribution is 0.227. The zero-order chi connectivity index (χ0) is 12.5. The highest BCUT2D eigenvalue weighted by Crippen LogP contribution is 2.05. The maximum Gasteiger partial charge on any atom is 0.0416 e. The number of nitrogens with one attached hydrogen (secondary N) is 1. The highest BCUT2D eigenvalue weighted by Gasteiger charge is 2.12. The molecule has 0 aliphatic carbocycles. The van der Waals surface area contributed by atoms with Gasteiger partial charge in [-0.25, -0.2) is 0 Å². The fourth-order valence-electron chi connectivity index (χ4n) is 2.07. The van der Waals surface area contributed by atoms with Gasteiger partial charge in [-0.3, -0.25) is 4.98 Å². The van der Waals surface area contributed by atoms with Gasteiger partial charge in [0, 0.05) is 37.4 Å². The van der Waals surface area contributed by atoms with Gasteiger partial charge < -0.3 is 10.2 Å². The number of aromatic nitrogens is 1. The molecule has 0 aliphatic heterocycles. The summed E-state index contributed by atoms with van der Waals surface area (Å²) < 4.78 is 0. The molecule has 1 aromatic heterocycles. The molecule has 0 aliphatic rings. The lowest BCUT2D eigenvalue weighted by Crippen LogP contribution is -2.40. The Morgan fingerprint density at radius 3 is 2.82 bits per heavy atom. The number of nitrogens with zero attached hydrogens (tertiary/aromatic N) is 2. The molecule has 1 atom stereocenters. The van der Waals surface area contributed by atoms with Gasteiger partial charge in [-0.2, -0.15) is 0 Å². The summed E-state index contributed by atoms with van der Waals surface area (Å²) in [6.45, 7) is 4.38. The predicted molar refractivity (Wildman–Crippen MR) is 73.2 cm³/mol. The van der Waals surface area contributed by atoms with E-state index in [0.717, 1.165) is 19.5 Å². The van der Waals surface area contributed by atoms with Crippen LogP contribution >= 0.6 is 0 Å². The summed E-state index contributed by atoms with van der Waals surface area (Å²) in [5, 5.41) is 3.27. The molecular formula is C14H25N3. The van der Waals surface area contributed by atoms with E-state index in [1.807, 2.05) is 19.3 Å². The predicted octanol–water partition coefficient (Wildman–Crippen LogP) is 1.94. The minimum absolute atomic E-state index is 0.633. The van der Waals surface area contributed by atoms with Crippen LogP contribution in [0.3, 0.4) is 0 Å². The van der Waals surface area contributed by atoms with Crippen molar-refractivity contribution in [3.8, 4) is 0 Å². The molecule has 0 aromatic carbocycles. The number of hydrogen-bond acceptors (Lipinski definition) is 3. The third-order valence-electron chi connectivity index (χ3n) is 3.13. The number of hydrogen-bond donors (Lipinski definition) is 1. The molecule has 17 heavy (non-hydrogen) atoms. The molecule has 3 nitrogen and oxygen atoms in total. The molecule has 1 unspecified atom stereocenters. The van der Waals surface area contributed by atoms with Crippen LogP contribution in [0, 0.1) is 0 Å². The van der Waals surface area contributed by atoms with E-state index in [1.54, 1.807) is 0 Å². The molecule has 0 spiro atoms. The molecular weight excluding hydrogens is 210 g/mol. The summed E-state index contributed by atoms with van der Waals surface area (Å²) in [5.41, 5.74) is 1.18. The summed E-state index contributed by atoms with van der Waals surface area (Å²) in [5.74, 6) is 0. The van der Waals surface area contributed by atoms with Crippen molar-refractivity contribution < 1.29 is 0 Å². The van der Waals surface area contributed by atoms with Crippen LogP contribution in [0.5, 0.6) is 0 Å². The average Bonchev–Trinajstić information content (AvgIpc) is 2.37. The lowest BCUT2D eigenvalue weighted by atomic mass is 10.1. The molecule has 0 saturated carbocycles. The first-order chi connectivity index (χ1) is 8.27. The zero-order valence-corrected chi connectivity index (χ0v) is 11.3. The van der Waals surface area contributed by atoms with Gasteiger partial charge in [0.25, 0.3) is 0 Å². The molecule has 1 rings (SSSR count). The van der Waals surface area contributed by atoms with Gasteiger partial charge in [0.1, 0.15) is 0 Å². The maximum absolute atomic E-state index is 4.36. The van der Waals surface area contributed by atoms with Crippen molar-refractivity contribution in [3.63, 3.8) is 0 Å². The van der Waals surface area contributed by atoms with Crippen LogP contribution in [0.15, 0.2) is 24.4 Å². The van der Waals surface area contributed by atoms with E-state index in [4.69, 9.17) is 0 Å². The molecule has 0 bridgehead atoms. The molecule has 0 amide bonds. The monoisotopic (exact) mass is 235 g/mol. The van der Waals surface area contributed by atoms with E-state index < -0.39 is 0 Å². The summed E-state index contributed by atoms with van der Waals surface area (Å²) in [6, 6.07) is 6.75. The average molecular weight is 235 g/mol. The Balaban J connectivity index is 2.38. The molecule has 1 heterocycles. The topological polar surface area (TPSA) is 28.2 Å². The standard InChI is InChI=1S/C14H25N3/c1-4-7-14(12-15-2)17(3)11-9-13-8-5-6-10-16-13/h5-6,8,10,14-15H,4,7,9,11-12H2,1-3H3. The fraction of sp³-hybridized carbons (Fsp3) is 0.643. The van der Waals surface area contributed by atoms with Gasteiger partial charge in [0.05, 0.1) is 0 Å². The molecule has 0 fully saturated rings. The van der Waals surface area contributed by atoms with Crippen molar-refractivity contribution in [1.29, 1.82) is 0 Å². The first kappa shape index (κ1) is 14.1. The van der Waals surface area contributed by atoms with Gasteiger partial charge in [0.2, 0.25) is 0 Å². The highest BCUT2D eigenvalue weighted by molar-refractivity contribution is 5.03. The molecule has 1 N–H and O–H groups in total. The first-order valence-electron chi connectivity index (χ1n) is 6.52. The first-order valence-corrected chi connectivity index (χ1v) is 6.52. The lowest BCUT2D eigenvalue weighted by Gasteiger charge is -2.27. The van der Waals surface area contributed by atoms with E-state index in [0.29, 0.717) is 6.04 Å². The smallest absolute Gasteiger partial charge is 0.0416 e. The third kappa shape index (κ3) is 5.29. The minimum atomic E-state index is 0.633. The van der Waals surface area contributed by atoms with E-state index in [1.165, 1.54) is 18.5 Å². The van der Waals surface area contributed by atoms with Gasteiger partial charge >= 0.3 is 0 Å². The number of pyridine rings is 1. The normalized spacial score (nSPS) is 12.9. The molecule has 1 aromatic rings. The molecule has 0 saturated heterocycles. The zero-order valence-electron chi connectivity index (χ0n) is 11.3. The van der Waals surface area contributed by atoms with Crippen LogP contribution in [-0.4, -0.2) is 43.1 Å². The van der Waals surface area contributed by atoms with Crippen molar-refractivity contribution in [1.82, 2.24) is 15.2 Å². The largest absolute Gasteiger partial charge is 0.318 e. The van der Waals surface area contributed by atoms with Gasteiger partial charge in [-0.1, -0.05) is 19.4 Å². The van der Waals surface area contributed by atoms with Crippen LogP contribution in [0.2, 0.25) is 0 Å². The summed E-state index contributed by atoms with van der Waals surface area (Å²) in [6.07, 6.45) is 5.38. The van der Waals surface area contributed by atoms with Gasteiger partial charge in [-0.05, 0) is 32.6 Å². The van der Waals surface area contributed by atoms with Crippen molar-refractivity contribution in [2.45, 2.75) is 32.2 Å². The minimum Gasteiger partial charge on any atom is -0.318 e. The second-order valence-corrected chi connectivity index (χ2v) is 4.55. The van der Waals surface area contributed by atoms with Crippen molar-refractivity contribution in [3.05, 3.63) is 30.1 Å². The molecule has 0 radical (unpaired) electrons. The van der Waals surface area contributed by atoms with Crippen molar-refractivity contribution in [2.24, 2.45) is 0 Å². The van der Waals surface area contributed by atoms with Gasteiger partial charge in [0.15, 0.2) is 0 Å². The maximum atomic E-state index is 4.36. The van der Waals surface area contributed by atoms with Crippen LogP contribution in [0.4, 0.5) is 0 Å². The summed E-state index contributed by atoms with van der Waals surface area (Å²) >= 11 is 0. The van der Waals surface area contributed by atoms with E-state index in [2.05, 4.69) is 41.3 Å². The Bertz CT molecular complexity index is 281. The highest BCUT2D eigenvalue weighted by atomic mass is 15.1. The Morgan fingerprint density at radius 2 is 2.24 bits per heavy atom. The number of rotatable bonds is 8. The van der Waals surface area contributed by atoms with Crippen LogP contribution in [0.25, 0.3) is 0 Å². The molecule has 96 valence electrons. The Hall–Kier alpha value is -0.930. The quantitative estimate of drug-likeness (QED) is 0.746. The van der Waals surface area contributed by atoms with Crippen molar-refractivity contribution in [2.75, 3.05) is 27.2 Å². The SMILES string of the molecule is CCCC(CNC)N(C)CCc1ccccn1. The van der Waals surface area contributed by atoms with Crippen LogP contribution in [0.1, 0.15) is 25.5 Å². The Kier molecular flexibility index (Phi) is 6.82. The second-order valence-electron chi connectivity index (χ2n) is 4.55. The van der Waals surface area contributed by atoms with Crippen LogP contribution in [-0.2, 0) is 6.42 Å². The fourth-order valence-corrected chi connectivity index (χ4v) is 2.07. The van der Waals surface area contributed by atoms with Gasteiger partial charge in [-0.15, -0.1) is 0 Å². The van der Waals surface area contributed by atoms with Crippen molar-refractivity contribution >= 4 is 0 Å². The summed E-state index contributed by atoms with van der Waals surface area (Å²) in [7, 11) is 4.23. The third-order valence-corrected chi connectivity index (χ3v) is 3.13. The number of likely N-dealkylation sites (N-methyl/N-ethyl adjacent to an activating group) is 2. The summed E-state index contributed by atoms with van der Waals surface area (Å²) in [4.78, 5) is 6.80. The van der Waals surface area contributed by atoms with E-state index in [-0.39, 0.29) is 0 Å². The second kappa shape index (κ2) is 8.20. The Morgan fingerprint density at radius 1 is 1.41 bits per heavy atom.